The van der Waals surface area contributed by atoms with Crippen LogP contribution in [0.1, 0.15) is 0 Å². The first-order valence-electron chi connectivity index (χ1n) is 6.02. The standard InChI is InChI=1S/C13H11ClN4O2S/c1-18-8-16-13(12(18)14)21(19,20)17-10-4-5-11-9(7-10)3-2-6-15-11/h2-8,17H,1H3. The fourth-order valence-corrected chi connectivity index (χ4v) is 3.40. The lowest BCUT2D eigenvalue weighted by atomic mass is 10.2. The van der Waals surface area contributed by atoms with Crippen molar-refractivity contribution >= 4 is 38.2 Å². The Labute approximate surface area is 126 Å². The number of sulfonamides is 1. The molecule has 0 amide bonds. The predicted octanol–water partition coefficient (Wildman–Crippen LogP) is 2.42. The largest absolute Gasteiger partial charge is 0.324 e. The van der Waals surface area contributed by atoms with Crippen molar-refractivity contribution < 1.29 is 8.42 Å². The van der Waals surface area contributed by atoms with Gasteiger partial charge in [0.15, 0.2) is 0 Å². The van der Waals surface area contributed by atoms with Gasteiger partial charge >= 0.3 is 0 Å². The Bertz CT molecular complexity index is 921. The summed E-state index contributed by atoms with van der Waals surface area (Å²) >= 11 is 5.93. The van der Waals surface area contributed by atoms with Crippen LogP contribution in [0.25, 0.3) is 10.9 Å². The van der Waals surface area contributed by atoms with E-state index < -0.39 is 10.0 Å². The minimum absolute atomic E-state index is 0.0601. The number of nitrogens with one attached hydrogen (secondary N) is 1. The topological polar surface area (TPSA) is 76.9 Å². The van der Waals surface area contributed by atoms with Gasteiger partial charge in [0.05, 0.1) is 11.8 Å². The predicted molar refractivity (Wildman–Crippen MR) is 80.8 cm³/mol. The number of anilines is 1. The highest BCUT2D eigenvalue weighted by molar-refractivity contribution is 7.92. The van der Waals surface area contributed by atoms with Crippen molar-refractivity contribution in [1.29, 1.82) is 0 Å². The van der Waals surface area contributed by atoms with Crippen molar-refractivity contribution in [3.63, 3.8) is 0 Å². The first-order chi connectivity index (χ1) is 9.97. The van der Waals surface area contributed by atoms with Crippen LogP contribution >= 0.6 is 11.6 Å². The molecule has 1 N–H and O–H groups in total. The monoisotopic (exact) mass is 322 g/mol. The molecule has 0 aliphatic carbocycles. The number of hydrogen-bond donors (Lipinski definition) is 1. The summed E-state index contributed by atoms with van der Waals surface area (Å²) in [4.78, 5) is 7.99. The number of halogens is 1. The third-order valence-corrected chi connectivity index (χ3v) is 4.81. The van der Waals surface area contributed by atoms with Crippen LogP contribution in [-0.4, -0.2) is 23.0 Å². The lowest BCUT2D eigenvalue weighted by molar-refractivity contribution is 0.598. The summed E-state index contributed by atoms with van der Waals surface area (Å²) in [5, 5.41) is 0.702. The van der Waals surface area contributed by atoms with Gasteiger partial charge in [0, 0.05) is 24.3 Å². The van der Waals surface area contributed by atoms with Gasteiger partial charge in [-0.05, 0) is 24.3 Å². The molecule has 0 aliphatic heterocycles. The zero-order valence-corrected chi connectivity index (χ0v) is 12.6. The molecule has 3 aromatic rings. The van der Waals surface area contributed by atoms with E-state index in [1.165, 1.54) is 10.9 Å². The normalized spacial score (nSPS) is 11.7. The summed E-state index contributed by atoms with van der Waals surface area (Å²) in [6.07, 6.45) is 3.03. The van der Waals surface area contributed by atoms with Gasteiger partial charge in [-0.25, -0.2) is 4.98 Å². The lowest BCUT2D eigenvalue weighted by Gasteiger charge is -2.07. The molecule has 0 saturated heterocycles. The lowest BCUT2D eigenvalue weighted by Crippen LogP contribution is -2.14. The number of benzene rings is 1. The Morgan fingerprint density at radius 2 is 2.05 bits per heavy atom. The van der Waals surface area contributed by atoms with Crippen LogP contribution in [0.5, 0.6) is 0 Å². The maximum Gasteiger partial charge on any atom is 0.282 e. The van der Waals surface area contributed by atoms with Gasteiger partial charge in [0.25, 0.3) is 10.0 Å². The maximum atomic E-state index is 12.3. The third kappa shape index (κ3) is 2.57. The second kappa shape index (κ2) is 5.01. The van der Waals surface area contributed by atoms with E-state index in [0.29, 0.717) is 5.69 Å². The number of fused-ring (bicyclic) bond motifs is 1. The Kier molecular flexibility index (Phi) is 3.30. The zero-order valence-electron chi connectivity index (χ0n) is 11.0. The molecule has 21 heavy (non-hydrogen) atoms. The summed E-state index contributed by atoms with van der Waals surface area (Å²) in [6, 6.07) is 8.73. The smallest absolute Gasteiger partial charge is 0.282 e. The number of hydrogen-bond acceptors (Lipinski definition) is 4. The fraction of sp³-hybridized carbons (Fsp3) is 0.0769. The number of nitrogens with zero attached hydrogens (tertiary/aromatic N) is 3. The second-order valence-corrected chi connectivity index (χ2v) is 6.42. The van der Waals surface area contributed by atoms with Gasteiger partial charge in [-0.15, -0.1) is 0 Å². The van der Waals surface area contributed by atoms with Crippen molar-refractivity contribution in [2.45, 2.75) is 5.03 Å². The van der Waals surface area contributed by atoms with E-state index in [-0.39, 0.29) is 10.2 Å². The van der Waals surface area contributed by atoms with Crippen LogP contribution in [0.3, 0.4) is 0 Å². The first-order valence-corrected chi connectivity index (χ1v) is 7.88. The number of imidazole rings is 1. The zero-order chi connectivity index (χ0) is 15.0. The highest BCUT2D eigenvalue weighted by Gasteiger charge is 2.22. The Morgan fingerprint density at radius 1 is 1.24 bits per heavy atom. The number of rotatable bonds is 3. The molecule has 0 aliphatic rings. The van der Waals surface area contributed by atoms with Gasteiger partial charge in [-0.1, -0.05) is 17.7 Å². The van der Waals surface area contributed by atoms with Crippen molar-refractivity contribution in [3.05, 3.63) is 48.0 Å². The molecule has 2 heterocycles. The van der Waals surface area contributed by atoms with Gasteiger partial charge in [-0.2, -0.15) is 8.42 Å². The van der Waals surface area contributed by atoms with E-state index in [9.17, 15) is 8.42 Å². The Balaban J connectivity index is 1.99. The highest BCUT2D eigenvalue weighted by atomic mass is 35.5. The molecule has 8 heteroatoms. The molecule has 0 unspecified atom stereocenters. The molecule has 0 bridgehead atoms. The van der Waals surface area contributed by atoms with Gasteiger partial charge in [0.2, 0.25) is 5.03 Å². The summed E-state index contributed by atoms with van der Waals surface area (Å²) in [5.41, 5.74) is 1.22. The minimum atomic E-state index is -3.83. The summed E-state index contributed by atoms with van der Waals surface area (Å²) in [5.74, 6) is 0. The van der Waals surface area contributed by atoms with E-state index in [0.717, 1.165) is 10.9 Å². The molecule has 6 nitrogen and oxygen atoms in total. The van der Waals surface area contributed by atoms with Crippen LogP contribution in [0.2, 0.25) is 5.15 Å². The van der Waals surface area contributed by atoms with Gasteiger partial charge in [0.1, 0.15) is 5.15 Å². The van der Waals surface area contributed by atoms with E-state index in [1.807, 2.05) is 6.07 Å². The molecule has 1 aromatic carbocycles. The van der Waals surface area contributed by atoms with Gasteiger partial charge in [-0.3, -0.25) is 9.71 Å². The summed E-state index contributed by atoms with van der Waals surface area (Å²) < 4.78 is 28.5. The van der Waals surface area contributed by atoms with Crippen molar-refractivity contribution in [1.82, 2.24) is 14.5 Å². The third-order valence-electron chi connectivity index (χ3n) is 2.94. The van der Waals surface area contributed by atoms with E-state index in [4.69, 9.17) is 11.6 Å². The summed E-state index contributed by atoms with van der Waals surface area (Å²) in [6.45, 7) is 0. The average Bonchev–Trinajstić information content (AvgIpc) is 2.79. The maximum absolute atomic E-state index is 12.3. The quantitative estimate of drug-likeness (QED) is 0.803. The Hall–Kier alpha value is -2.12. The summed E-state index contributed by atoms with van der Waals surface area (Å²) in [7, 11) is -2.21. The van der Waals surface area contributed by atoms with Crippen molar-refractivity contribution in [3.8, 4) is 0 Å². The van der Waals surface area contributed by atoms with Crippen molar-refractivity contribution in [2.24, 2.45) is 7.05 Å². The molecule has 108 valence electrons. The first kappa shape index (κ1) is 13.8. The molecule has 0 saturated carbocycles. The molecular weight excluding hydrogens is 312 g/mol. The van der Waals surface area contributed by atoms with Crippen LogP contribution in [0.4, 0.5) is 5.69 Å². The van der Waals surface area contributed by atoms with E-state index in [1.54, 1.807) is 37.5 Å². The minimum Gasteiger partial charge on any atom is -0.324 e. The van der Waals surface area contributed by atoms with Crippen molar-refractivity contribution in [2.75, 3.05) is 4.72 Å². The van der Waals surface area contributed by atoms with Crippen LogP contribution in [-0.2, 0) is 17.1 Å². The highest BCUT2D eigenvalue weighted by Crippen LogP contribution is 2.23. The molecule has 0 atom stereocenters. The molecule has 0 spiro atoms. The number of aromatic nitrogens is 3. The van der Waals surface area contributed by atoms with Crippen LogP contribution in [0, 0.1) is 0 Å². The SMILES string of the molecule is Cn1cnc(S(=O)(=O)Nc2ccc3ncccc3c2)c1Cl. The van der Waals surface area contributed by atoms with Gasteiger partial charge < -0.3 is 4.57 Å². The number of aryl methyl sites for hydroxylation is 1. The average molecular weight is 323 g/mol. The Morgan fingerprint density at radius 3 is 2.76 bits per heavy atom. The van der Waals surface area contributed by atoms with Crippen LogP contribution in [0.15, 0.2) is 47.9 Å². The molecule has 0 radical (unpaired) electrons. The fourth-order valence-electron chi connectivity index (χ4n) is 1.92. The second-order valence-electron chi connectivity index (χ2n) is 4.47. The molecule has 3 rings (SSSR count). The molecule has 0 fully saturated rings. The number of pyridine rings is 1. The molecule has 2 aromatic heterocycles. The van der Waals surface area contributed by atoms with E-state index in [2.05, 4.69) is 14.7 Å². The van der Waals surface area contributed by atoms with Crippen LogP contribution < -0.4 is 4.72 Å². The molecular formula is C13H11ClN4O2S. The van der Waals surface area contributed by atoms with E-state index >= 15 is 0 Å².